The van der Waals surface area contributed by atoms with Crippen LogP contribution in [0.4, 0.5) is 5.69 Å². The predicted molar refractivity (Wildman–Crippen MR) is 128 cm³/mol. The summed E-state index contributed by atoms with van der Waals surface area (Å²) in [7, 11) is -3.77. The lowest BCUT2D eigenvalue weighted by molar-refractivity contribution is -0.139. The lowest BCUT2D eigenvalue weighted by atomic mass is 10.1. The fourth-order valence-electron chi connectivity index (χ4n) is 3.49. The number of hydrogen-bond donors (Lipinski definition) is 1. The number of nitrogens with one attached hydrogen (secondary N) is 1. The van der Waals surface area contributed by atoms with Crippen molar-refractivity contribution in [1.29, 1.82) is 0 Å². The third-order valence-corrected chi connectivity index (χ3v) is 6.67. The summed E-state index contributed by atoms with van der Waals surface area (Å²) in [5, 5.41) is 3.18. The Labute approximate surface area is 195 Å². The van der Waals surface area contributed by atoms with Crippen LogP contribution in [0.1, 0.15) is 30.5 Å². The number of benzene rings is 2. The van der Waals surface area contributed by atoms with Gasteiger partial charge in [-0.25, -0.2) is 8.42 Å². The lowest BCUT2D eigenvalue weighted by Gasteiger charge is -2.32. The van der Waals surface area contributed by atoms with E-state index in [4.69, 9.17) is 11.6 Å². The van der Waals surface area contributed by atoms with Gasteiger partial charge in [-0.15, -0.1) is 0 Å². The highest BCUT2D eigenvalue weighted by molar-refractivity contribution is 7.92. The Morgan fingerprint density at radius 2 is 1.66 bits per heavy atom. The number of sulfonamides is 1. The van der Waals surface area contributed by atoms with Crippen molar-refractivity contribution in [2.75, 3.05) is 23.7 Å². The van der Waals surface area contributed by atoms with Crippen molar-refractivity contribution < 1.29 is 18.0 Å². The second-order valence-electron chi connectivity index (χ2n) is 7.69. The summed E-state index contributed by atoms with van der Waals surface area (Å²) in [5.41, 5.74) is 2.60. The Morgan fingerprint density at radius 3 is 2.19 bits per heavy atom. The number of carbonyl (C=O) groups excluding carboxylic acids is 2. The van der Waals surface area contributed by atoms with Gasteiger partial charge >= 0.3 is 0 Å². The highest BCUT2D eigenvalue weighted by Gasteiger charge is 2.31. The van der Waals surface area contributed by atoms with E-state index >= 15 is 0 Å². The molecule has 2 aromatic carbocycles. The number of likely N-dealkylation sites (N-methyl/N-ethyl adjacent to an activating group) is 1. The Balaban J connectivity index is 2.46. The van der Waals surface area contributed by atoms with Gasteiger partial charge in [0.1, 0.15) is 12.6 Å². The molecular weight excluding hydrogens is 450 g/mol. The van der Waals surface area contributed by atoms with Crippen molar-refractivity contribution >= 4 is 39.1 Å². The highest BCUT2D eigenvalue weighted by Crippen LogP contribution is 2.27. The van der Waals surface area contributed by atoms with E-state index < -0.39 is 28.5 Å². The van der Waals surface area contributed by atoms with Gasteiger partial charge in [-0.3, -0.25) is 13.9 Å². The highest BCUT2D eigenvalue weighted by atomic mass is 35.5. The molecule has 9 heteroatoms. The molecule has 2 rings (SSSR count). The first-order chi connectivity index (χ1) is 15.0. The van der Waals surface area contributed by atoms with Gasteiger partial charge in [0.15, 0.2) is 0 Å². The molecule has 2 amide bonds. The van der Waals surface area contributed by atoms with Gasteiger partial charge in [-0.2, -0.15) is 0 Å². The smallest absolute Gasteiger partial charge is 0.244 e. The lowest BCUT2D eigenvalue weighted by Crippen LogP contribution is -2.51. The monoisotopic (exact) mass is 479 g/mol. The minimum absolute atomic E-state index is 0.0706. The Morgan fingerprint density at radius 1 is 1.06 bits per heavy atom. The van der Waals surface area contributed by atoms with Crippen molar-refractivity contribution in [3.8, 4) is 0 Å². The van der Waals surface area contributed by atoms with Crippen LogP contribution in [0.15, 0.2) is 42.5 Å². The summed E-state index contributed by atoms with van der Waals surface area (Å²) in [5.74, 6) is -0.831. The van der Waals surface area contributed by atoms with Crippen LogP contribution in [0.3, 0.4) is 0 Å². The first-order valence-corrected chi connectivity index (χ1v) is 12.5. The number of rotatable bonds is 9. The zero-order chi connectivity index (χ0) is 24.1. The molecular formula is C23H30ClN3O4S. The van der Waals surface area contributed by atoms with Gasteiger partial charge in [0.05, 0.1) is 11.9 Å². The molecule has 0 aromatic heterocycles. The molecule has 174 valence electrons. The molecule has 0 saturated carbocycles. The van der Waals surface area contributed by atoms with Crippen molar-refractivity contribution in [3.05, 3.63) is 64.2 Å². The Bertz CT molecular complexity index is 1070. The molecule has 0 bridgehead atoms. The van der Waals surface area contributed by atoms with Crippen LogP contribution in [-0.4, -0.2) is 50.5 Å². The van der Waals surface area contributed by atoms with E-state index in [2.05, 4.69) is 5.32 Å². The summed E-state index contributed by atoms with van der Waals surface area (Å²) >= 11 is 6.29. The van der Waals surface area contributed by atoms with Gasteiger partial charge in [-0.05, 0) is 50.5 Å². The molecule has 2 aromatic rings. The number of nitrogens with zero attached hydrogens (tertiary/aromatic N) is 2. The molecule has 1 N–H and O–H groups in total. The predicted octanol–water partition coefficient (Wildman–Crippen LogP) is 3.28. The van der Waals surface area contributed by atoms with Gasteiger partial charge in [0.25, 0.3) is 0 Å². The van der Waals surface area contributed by atoms with E-state index in [1.165, 1.54) is 4.90 Å². The molecule has 0 unspecified atom stereocenters. The van der Waals surface area contributed by atoms with Gasteiger partial charge < -0.3 is 10.2 Å². The van der Waals surface area contributed by atoms with Crippen LogP contribution in [0.5, 0.6) is 0 Å². The van der Waals surface area contributed by atoms with Gasteiger partial charge in [0, 0.05) is 18.1 Å². The molecule has 0 radical (unpaired) electrons. The van der Waals surface area contributed by atoms with Crippen molar-refractivity contribution in [2.45, 2.75) is 40.3 Å². The summed E-state index contributed by atoms with van der Waals surface area (Å²) in [6.45, 7) is 7.05. The van der Waals surface area contributed by atoms with Crippen LogP contribution in [0.25, 0.3) is 0 Å². The van der Waals surface area contributed by atoms with E-state index in [0.717, 1.165) is 21.7 Å². The van der Waals surface area contributed by atoms with Crippen molar-refractivity contribution in [1.82, 2.24) is 10.2 Å². The minimum Gasteiger partial charge on any atom is -0.355 e. The summed E-state index contributed by atoms with van der Waals surface area (Å²) in [6, 6.07) is 11.6. The second kappa shape index (κ2) is 10.8. The molecule has 32 heavy (non-hydrogen) atoms. The van der Waals surface area contributed by atoms with E-state index in [9.17, 15) is 18.0 Å². The topological polar surface area (TPSA) is 86.8 Å². The van der Waals surface area contributed by atoms with Crippen LogP contribution in [0, 0.1) is 13.8 Å². The minimum atomic E-state index is -3.77. The third kappa shape index (κ3) is 6.23. The van der Waals surface area contributed by atoms with E-state index in [-0.39, 0.29) is 12.5 Å². The Hall–Kier alpha value is -2.58. The van der Waals surface area contributed by atoms with E-state index in [1.807, 2.05) is 6.07 Å². The van der Waals surface area contributed by atoms with Gasteiger partial charge in [-0.1, -0.05) is 48.0 Å². The summed E-state index contributed by atoms with van der Waals surface area (Å²) < 4.78 is 26.4. The Kier molecular flexibility index (Phi) is 8.69. The second-order valence-corrected chi connectivity index (χ2v) is 10.0. The maximum absolute atomic E-state index is 13.5. The van der Waals surface area contributed by atoms with Crippen LogP contribution in [-0.2, 0) is 26.2 Å². The molecule has 0 aliphatic heterocycles. The van der Waals surface area contributed by atoms with Crippen molar-refractivity contribution in [3.63, 3.8) is 0 Å². The quantitative estimate of drug-likeness (QED) is 0.598. The van der Waals surface area contributed by atoms with Crippen LogP contribution >= 0.6 is 11.6 Å². The standard InChI is InChI=1S/C23H30ClN3O4S/c1-6-25-23(29)18(4)26(14-19-12-7-8-13-20(19)24)21(28)15-27(32(5,30)31)22-16(2)10-9-11-17(22)3/h7-13,18H,6,14-15H2,1-5H3,(H,25,29)/t18-/m1/s1. The van der Waals surface area contributed by atoms with Crippen molar-refractivity contribution in [2.24, 2.45) is 0 Å². The normalized spacial score (nSPS) is 12.2. The molecule has 0 heterocycles. The van der Waals surface area contributed by atoms with Crippen LogP contribution in [0.2, 0.25) is 5.02 Å². The number of anilines is 1. The number of carbonyl (C=O) groups is 2. The third-order valence-electron chi connectivity index (χ3n) is 5.18. The summed E-state index contributed by atoms with van der Waals surface area (Å²) in [6.07, 6.45) is 1.07. The number of aryl methyl sites for hydroxylation is 2. The maximum Gasteiger partial charge on any atom is 0.244 e. The van der Waals surface area contributed by atoms with E-state index in [0.29, 0.717) is 22.8 Å². The average molecular weight is 480 g/mol. The molecule has 1 atom stereocenters. The number of hydrogen-bond acceptors (Lipinski definition) is 4. The van der Waals surface area contributed by atoms with Crippen LogP contribution < -0.4 is 9.62 Å². The first kappa shape index (κ1) is 25.7. The zero-order valence-corrected chi connectivity index (χ0v) is 20.6. The molecule has 0 saturated heterocycles. The van der Waals surface area contributed by atoms with Gasteiger partial charge in [0.2, 0.25) is 21.8 Å². The maximum atomic E-state index is 13.5. The number of amides is 2. The van der Waals surface area contributed by atoms with E-state index in [1.54, 1.807) is 64.1 Å². The molecule has 7 nitrogen and oxygen atoms in total. The zero-order valence-electron chi connectivity index (χ0n) is 19.1. The fraction of sp³-hybridized carbons (Fsp3) is 0.391. The molecule has 0 aliphatic carbocycles. The fourth-order valence-corrected chi connectivity index (χ4v) is 4.65. The average Bonchev–Trinajstić information content (AvgIpc) is 2.71. The SMILES string of the molecule is CCNC(=O)[C@@H](C)N(Cc1ccccc1Cl)C(=O)CN(c1c(C)cccc1C)S(C)(=O)=O. The molecule has 0 aliphatic rings. The molecule has 0 spiro atoms. The first-order valence-electron chi connectivity index (χ1n) is 10.3. The summed E-state index contributed by atoms with van der Waals surface area (Å²) in [4.78, 5) is 27.4. The number of para-hydroxylation sites is 1. The number of halogens is 1. The largest absolute Gasteiger partial charge is 0.355 e. The molecule has 0 fully saturated rings.